The van der Waals surface area contributed by atoms with Gasteiger partial charge in [0, 0.05) is 11.1 Å². The number of benzene rings is 1. The first kappa shape index (κ1) is 14.2. The highest BCUT2D eigenvalue weighted by atomic mass is 32.2. The Balaban J connectivity index is 2.12. The Bertz CT molecular complexity index is 640. The summed E-state index contributed by atoms with van der Waals surface area (Å²) in [6.45, 7) is 0. The molecular weight excluding hydrogens is 278 g/mol. The maximum Gasteiger partial charge on any atom is 0.337 e. The molecule has 6 heteroatoms. The summed E-state index contributed by atoms with van der Waals surface area (Å²) in [5, 5.41) is 8.78. The first-order chi connectivity index (χ1) is 9.60. The zero-order valence-electron chi connectivity index (χ0n) is 10.8. The molecule has 20 heavy (non-hydrogen) atoms. The van der Waals surface area contributed by atoms with E-state index in [-0.39, 0.29) is 11.3 Å². The molecule has 5 nitrogen and oxygen atoms in total. The zero-order valence-corrected chi connectivity index (χ0v) is 11.6. The van der Waals surface area contributed by atoms with Crippen LogP contribution in [-0.4, -0.2) is 27.4 Å². The topological polar surface area (TPSA) is 76.5 Å². The summed E-state index contributed by atoms with van der Waals surface area (Å²) in [5.74, 6) is -0.157. The van der Waals surface area contributed by atoms with Crippen LogP contribution in [0.15, 0.2) is 47.5 Å². The van der Waals surface area contributed by atoms with Crippen LogP contribution >= 0.6 is 0 Å². The summed E-state index contributed by atoms with van der Waals surface area (Å²) >= 11 is 0. The number of aromatic nitrogens is 1. The van der Waals surface area contributed by atoms with E-state index in [2.05, 4.69) is 4.98 Å². The minimum absolute atomic E-state index is 0.112. The van der Waals surface area contributed by atoms with Crippen molar-refractivity contribution in [2.45, 2.75) is 10.6 Å². The Morgan fingerprint density at radius 3 is 2.75 bits per heavy atom. The second-order valence-electron chi connectivity index (χ2n) is 4.01. The minimum Gasteiger partial charge on any atom is -0.497 e. The van der Waals surface area contributed by atoms with E-state index in [9.17, 15) is 9.00 Å². The van der Waals surface area contributed by atoms with E-state index >= 15 is 0 Å². The first-order valence-corrected chi connectivity index (χ1v) is 7.12. The van der Waals surface area contributed by atoms with Crippen molar-refractivity contribution in [3.63, 3.8) is 0 Å². The molecule has 0 saturated carbocycles. The number of carboxylic acid groups (broad SMARTS) is 1. The van der Waals surface area contributed by atoms with E-state index in [1.54, 1.807) is 37.4 Å². The second kappa shape index (κ2) is 6.29. The Morgan fingerprint density at radius 2 is 2.15 bits per heavy atom. The van der Waals surface area contributed by atoms with Crippen molar-refractivity contribution in [3.8, 4) is 5.75 Å². The largest absolute Gasteiger partial charge is 0.497 e. The predicted octanol–water partition coefficient (Wildman–Crippen LogP) is 2.10. The molecule has 0 aliphatic heterocycles. The number of rotatable bonds is 5. The molecule has 0 aliphatic rings. The van der Waals surface area contributed by atoms with Gasteiger partial charge in [-0.15, -0.1) is 0 Å². The lowest BCUT2D eigenvalue weighted by atomic mass is 10.2. The van der Waals surface area contributed by atoms with E-state index in [0.29, 0.717) is 16.3 Å². The van der Waals surface area contributed by atoms with E-state index in [1.807, 2.05) is 0 Å². The maximum atomic E-state index is 12.2. The van der Waals surface area contributed by atoms with Gasteiger partial charge in [-0.3, -0.25) is 9.19 Å². The molecular formula is C14H13NO4S. The molecule has 1 unspecified atom stereocenters. The lowest BCUT2D eigenvalue weighted by Crippen LogP contribution is -2.02. The predicted molar refractivity (Wildman–Crippen MR) is 74.3 cm³/mol. The summed E-state index contributed by atoms with van der Waals surface area (Å²) < 4.78 is 17.3. The molecule has 2 aromatic rings. The summed E-state index contributed by atoms with van der Waals surface area (Å²) in [7, 11) is 0.296. The second-order valence-corrected chi connectivity index (χ2v) is 5.46. The molecule has 0 spiro atoms. The Labute approximate surface area is 118 Å². The summed E-state index contributed by atoms with van der Waals surface area (Å²) in [5.41, 5.74) is 0.692. The average Bonchev–Trinajstić information content (AvgIpc) is 2.47. The SMILES string of the molecule is COc1cccc(S(=O)Cc2ccc(C(=O)O)cn2)c1. The fraction of sp³-hybridized carbons (Fsp3) is 0.143. The van der Waals surface area contributed by atoms with Crippen molar-refractivity contribution in [1.82, 2.24) is 4.98 Å². The smallest absolute Gasteiger partial charge is 0.337 e. The molecule has 1 aromatic heterocycles. The summed E-state index contributed by atoms with van der Waals surface area (Å²) in [4.78, 5) is 15.4. The molecule has 1 atom stereocenters. The number of hydrogen-bond donors (Lipinski definition) is 1. The number of carboxylic acids is 1. The standard InChI is InChI=1S/C14H13NO4S/c1-19-12-3-2-4-13(7-12)20(18)9-11-6-5-10(8-15-11)14(16)17/h2-8H,9H2,1H3,(H,16,17). The third-order valence-electron chi connectivity index (χ3n) is 2.65. The van der Waals surface area contributed by atoms with Crippen LogP contribution in [0.3, 0.4) is 0 Å². The highest BCUT2D eigenvalue weighted by molar-refractivity contribution is 7.84. The Hall–Kier alpha value is -2.21. The number of aromatic carboxylic acids is 1. The van der Waals surface area contributed by atoms with Crippen LogP contribution in [0.25, 0.3) is 0 Å². The van der Waals surface area contributed by atoms with E-state index in [4.69, 9.17) is 9.84 Å². The number of hydrogen-bond acceptors (Lipinski definition) is 4. The molecule has 1 heterocycles. The van der Waals surface area contributed by atoms with Gasteiger partial charge in [-0.05, 0) is 30.3 Å². The number of nitrogens with zero attached hydrogens (tertiary/aromatic N) is 1. The fourth-order valence-electron chi connectivity index (χ4n) is 1.60. The third kappa shape index (κ3) is 3.42. The quantitative estimate of drug-likeness (QED) is 0.913. The highest BCUT2D eigenvalue weighted by Gasteiger charge is 2.09. The van der Waals surface area contributed by atoms with Crippen molar-refractivity contribution >= 4 is 16.8 Å². The molecule has 0 saturated heterocycles. The van der Waals surface area contributed by atoms with Gasteiger partial charge in [0.05, 0.1) is 34.9 Å². The van der Waals surface area contributed by atoms with Gasteiger partial charge in [-0.2, -0.15) is 0 Å². The zero-order chi connectivity index (χ0) is 14.5. The highest BCUT2D eigenvalue weighted by Crippen LogP contribution is 2.17. The molecule has 0 bridgehead atoms. The van der Waals surface area contributed by atoms with Gasteiger partial charge >= 0.3 is 5.97 Å². The molecule has 1 N–H and O–H groups in total. The minimum atomic E-state index is -1.25. The van der Waals surface area contributed by atoms with Gasteiger partial charge < -0.3 is 9.84 Å². The monoisotopic (exact) mass is 291 g/mol. The molecule has 0 fully saturated rings. The van der Waals surface area contributed by atoms with Gasteiger partial charge in [0.1, 0.15) is 5.75 Å². The third-order valence-corrected chi connectivity index (χ3v) is 3.99. The first-order valence-electron chi connectivity index (χ1n) is 5.81. The normalized spacial score (nSPS) is 11.8. The molecule has 2 rings (SSSR count). The van der Waals surface area contributed by atoms with Crippen LogP contribution in [-0.2, 0) is 16.6 Å². The van der Waals surface area contributed by atoms with Gasteiger partial charge in [0.15, 0.2) is 0 Å². The van der Waals surface area contributed by atoms with E-state index in [1.165, 1.54) is 12.3 Å². The molecule has 0 radical (unpaired) electrons. The van der Waals surface area contributed by atoms with Crippen LogP contribution in [0.4, 0.5) is 0 Å². The van der Waals surface area contributed by atoms with Crippen molar-refractivity contribution in [1.29, 1.82) is 0 Å². The van der Waals surface area contributed by atoms with E-state index < -0.39 is 16.8 Å². The fourth-order valence-corrected chi connectivity index (χ4v) is 2.68. The Kier molecular flexibility index (Phi) is 4.47. The molecule has 104 valence electrons. The van der Waals surface area contributed by atoms with Crippen LogP contribution in [0.2, 0.25) is 0 Å². The lowest BCUT2D eigenvalue weighted by molar-refractivity contribution is 0.0696. The number of ether oxygens (including phenoxy) is 1. The lowest BCUT2D eigenvalue weighted by Gasteiger charge is -2.05. The van der Waals surface area contributed by atoms with Gasteiger partial charge in [0.25, 0.3) is 0 Å². The van der Waals surface area contributed by atoms with Crippen LogP contribution < -0.4 is 4.74 Å². The van der Waals surface area contributed by atoms with Crippen LogP contribution in [0, 0.1) is 0 Å². The van der Waals surface area contributed by atoms with Crippen LogP contribution in [0.1, 0.15) is 16.1 Å². The summed E-state index contributed by atoms with van der Waals surface area (Å²) in [6.07, 6.45) is 1.26. The Morgan fingerprint density at radius 1 is 1.35 bits per heavy atom. The average molecular weight is 291 g/mol. The molecule has 1 aromatic carbocycles. The number of carbonyl (C=O) groups is 1. The molecule has 0 amide bonds. The van der Waals surface area contributed by atoms with Crippen LogP contribution in [0.5, 0.6) is 5.75 Å². The van der Waals surface area contributed by atoms with E-state index in [0.717, 1.165) is 0 Å². The van der Waals surface area contributed by atoms with Crippen molar-refractivity contribution in [2.24, 2.45) is 0 Å². The van der Waals surface area contributed by atoms with Gasteiger partial charge in [-0.25, -0.2) is 4.79 Å². The number of methoxy groups -OCH3 is 1. The van der Waals surface area contributed by atoms with Crippen molar-refractivity contribution in [3.05, 3.63) is 53.9 Å². The van der Waals surface area contributed by atoms with Crippen molar-refractivity contribution < 1.29 is 18.8 Å². The van der Waals surface area contributed by atoms with Gasteiger partial charge in [-0.1, -0.05) is 6.07 Å². The summed E-state index contributed by atoms with van der Waals surface area (Å²) in [6, 6.07) is 10.0. The number of pyridine rings is 1. The molecule has 0 aliphatic carbocycles. The van der Waals surface area contributed by atoms with Gasteiger partial charge in [0.2, 0.25) is 0 Å². The maximum absolute atomic E-state index is 12.2. The van der Waals surface area contributed by atoms with Crippen molar-refractivity contribution in [2.75, 3.05) is 7.11 Å².